The van der Waals surface area contributed by atoms with Crippen LogP contribution in [0.3, 0.4) is 0 Å². The Morgan fingerprint density at radius 3 is 2.47 bits per heavy atom. The molecule has 0 radical (unpaired) electrons. The lowest BCUT2D eigenvalue weighted by Crippen LogP contribution is -2.34. The highest BCUT2D eigenvalue weighted by Gasteiger charge is 2.31. The molecular weight excluding hydrogens is 457 g/mol. The van der Waals surface area contributed by atoms with Crippen molar-refractivity contribution in [3.8, 4) is 0 Å². The van der Waals surface area contributed by atoms with Crippen molar-refractivity contribution in [1.29, 1.82) is 0 Å². The predicted octanol–water partition coefficient (Wildman–Crippen LogP) is 3.85. The van der Waals surface area contributed by atoms with Gasteiger partial charge in [0.05, 0.1) is 10.6 Å². The Kier molecular flexibility index (Phi) is 7.04. The third kappa shape index (κ3) is 5.15. The summed E-state index contributed by atoms with van der Waals surface area (Å²) in [6, 6.07) is 11.0. The van der Waals surface area contributed by atoms with Crippen molar-refractivity contribution in [2.24, 2.45) is 11.8 Å². The van der Waals surface area contributed by atoms with Gasteiger partial charge in [0, 0.05) is 31.1 Å². The maximum atomic E-state index is 13.8. The number of rotatable bonds is 6. The molecule has 9 heteroatoms. The van der Waals surface area contributed by atoms with Gasteiger partial charge in [0.25, 0.3) is 0 Å². The number of fused-ring (bicyclic) bond motifs is 1. The number of para-hydroxylation sites is 1. The fraction of sp³-hybridized carbons (Fsp3) is 0.440. The molecule has 0 saturated heterocycles. The summed E-state index contributed by atoms with van der Waals surface area (Å²) in [5.41, 5.74) is 1.80. The van der Waals surface area contributed by atoms with Gasteiger partial charge in [0.15, 0.2) is 0 Å². The Bertz CT molecular complexity index is 1190. The molecule has 0 aromatic heterocycles. The molecule has 182 valence electrons. The van der Waals surface area contributed by atoms with E-state index in [1.165, 1.54) is 19.1 Å². The van der Waals surface area contributed by atoms with Crippen molar-refractivity contribution in [1.82, 2.24) is 4.72 Å². The predicted molar refractivity (Wildman–Crippen MR) is 128 cm³/mol. The molecule has 7 nitrogen and oxygen atoms in total. The highest BCUT2D eigenvalue weighted by atomic mass is 32.2. The van der Waals surface area contributed by atoms with Crippen LogP contribution in [0.1, 0.15) is 45.1 Å². The number of anilines is 2. The van der Waals surface area contributed by atoms with Gasteiger partial charge in [0.1, 0.15) is 5.82 Å². The maximum absolute atomic E-state index is 13.8. The van der Waals surface area contributed by atoms with E-state index in [0.29, 0.717) is 38.6 Å². The summed E-state index contributed by atoms with van der Waals surface area (Å²) in [5.74, 6) is -0.798. The fourth-order valence-electron chi connectivity index (χ4n) is 4.99. The molecule has 1 aliphatic carbocycles. The smallest absolute Gasteiger partial charge is 0.240 e. The zero-order chi connectivity index (χ0) is 24.5. The lowest BCUT2D eigenvalue weighted by atomic mass is 9.81. The first kappa shape index (κ1) is 24.3. The van der Waals surface area contributed by atoms with Crippen molar-refractivity contribution >= 4 is 33.2 Å². The van der Waals surface area contributed by atoms with Crippen LogP contribution < -0.4 is 14.9 Å². The second kappa shape index (κ2) is 9.84. The topological polar surface area (TPSA) is 95.6 Å². The van der Waals surface area contributed by atoms with Crippen LogP contribution in [0, 0.1) is 17.7 Å². The molecule has 0 bridgehead atoms. The summed E-state index contributed by atoms with van der Waals surface area (Å²) in [6.07, 6.45) is 3.31. The summed E-state index contributed by atoms with van der Waals surface area (Å²) < 4.78 is 42.3. The van der Waals surface area contributed by atoms with Crippen molar-refractivity contribution in [3.63, 3.8) is 0 Å². The normalized spacial score (nSPS) is 22.3. The molecule has 2 N–H and O–H groups in total. The van der Waals surface area contributed by atoms with E-state index in [4.69, 9.17) is 0 Å². The summed E-state index contributed by atoms with van der Waals surface area (Å²) in [7, 11) is -3.69. The number of carbonyl (C=O) groups is 2. The Balaban J connectivity index is 1.31. The zero-order valence-electron chi connectivity index (χ0n) is 19.4. The third-order valence-electron chi connectivity index (χ3n) is 6.83. The minimum atomic E-state index is -3.69. The van der Waals surface area contributed by atoms with Gasteiger partial charge in [-0.15, -0.1) is 0 Å². The van der Waals surface area contributed by atoms with E-state index in [1.54, 1.807) is 35.2 Å². The minimum Gasteiger partial charge on any atom is -0.323 e. The summed E-state index contributed by atoms with van der Waals surface area (Å²) in [6.45, 7) is 3.76. The minimum absolute atomic E-state index is 0.00387. The lowest BCUT2D eigenvalue weighted by molar-refractivity contribution is -0.121. The van der Waals surface area contributed by atoms with Crippen molar-refractivity contribution in [2.45, 2.75) is 56.9 Å². The number of hydrogen-bond donors (Lipinski definition) is 2. The number of hydrogen-bond acceptors (Lipinski definition) is 4. The molecule has 1 fully saturated rings. The van der Waals surface area contributed by atoms with Crippen molar-refractivity contribution < 1.29 is 22.4 Å². The molecule has 1 atom stereocenters. The fourth-order valence-corrected chi connectivity index (χ4v) is 6.16. The number of benzene rings is 2. The zero-order valence-corrected chi connectivity index (χ0v) is 20.2. The number of halogens is 1. The first-order chi connectivity index (χ1) is 16.2. The quantitative estimate of drug-likeness (QED) is 0.647. The van der Waals surface area contributed by atoms with Crippen molar-refractivity contribution in [3.05, 3.63) is 53.8 Å². The SMILES string of the molecule is CC(=O)N1c2ccc(S(=O)(=O)NCC3CCC(C(=O)Nc4ccccc4F)CC3)cc2CC1C. The summed E-state index contributed by atoms with van der Waals surface area (Å²) in [5, 5.41) is 2.66. The average molecular weight is 488 g/mol. The second-order valence-electron chi connectivity index (χ2n) is 9.27. The van der Waals surface area contributed by atoms with Gasteiger partial charge < -0.3 is 10.2 Å². The largest absolute Gasteiger partial charge is 0.323 e. The van der Waals surface area contributed by atoms with Crippen LogP contribution in [0.2, 0.25) is 0 Å². The average Bonchev–Trinajstić information content (AvgIpc) is 3.14. The van der Waals surface area contributed by atoms with Crippen LogP contribution in [0.15, 0.2) is 47.4 Å². The molecule has 2 aliphatic rings. The van der Waals surface area contributed by atoms with Gasteiger partial charge in [-0.25, -0.2) is 17.5 Å². The van der Waals surface area contributed by atoms with Gasteiger partial charge in [-0.05, 0) is 80.8 Å². The van der Waals surface area contributed by atoms with E-state index in [0.717, 1.165) is 11.3 Å². The van der Waals surface area contributed by atoms with Gasteiger partial charge >= 0.3 is 0 Å². The van der Waals surface area contributed by atoms with Crippen molar-refractivity contribution in [2.75, 3.05) is 16.8 Å². The summed E-state index contributed by atoms with van der Waals surface area (Å²) in [4.78, 5) is 26.3. The third-order valence-corrected chi connectivity index (χ3v) is 8.25. The second-order valence-corrected chi connectivity index (χ2v) is 11.0. The van der Waals surface area contributed by atoms with E-state index in [9.17, 15) is 22.4 Å². The van der Waals surface area contributed by atoms with Crippen LogP contribution in [-0.2, 0) is 26.0 Å². The molecule has 2 amide bonds. The van der Waals surface area contributed by atoms with Gasteiger partial charge in [-0.2, -0.15) is 0 Å². The van der Waals surface area contributed by atoms with E-state index < -0.39 is 15.8 Å². The molecule has 4 rings (SSSR count). The van der Waals surface area contributed by atoms with E-state index in [-0.39, 0.29) is 40.3 Å². The summed E-state index contributed by atoms with van der Waals surface area (Å²) >= 11 is 0. The number of sulfonamides is 1. The Labute approximate surface area is 199 Å². The van der Waals surface area contributed by atoms with Crippen LogP contribution in [-0.4, -0.2) is 32.8 Å². The number of nitrogens with zero attached hydrogens (tertiary/aromatic N) is 1. The molecule has 1 aliphatic heterocycles. The van der Waals surface area contributed by atoms with Gasteiger partial charge in [-0.1, -0.05) is 12.1 Å². The molecule has 1 heterocycles. The number of carbonyl (C=O) groups excluding carboxylic acids is 2. The van der Waals surface area contributed by atoms with Gasteiger partial charge in [0.2, 0.25) is 21.8 Å². The first-order valence-corrected chi connectivity index (χ1v) is 13.1. The number of amides is 2. The Morgan fingerprint density at radius 2 is 1.79 bits per heavy atom. The molecule has 1 saturated carbocycles. The van der Waals surface area contributed by atoms with E-state index in [2.05, 4.69) is 10.0 Å². The molecule has 1 unspecified atom stereocenters. The Hall–Kier alpha value is -2.78. The van der Waals surface area contributed by atoms with E-state index in [1.807, 2.05) is 6.92 Å². The lowest BCUT2D eigenvalue weighted by Gasteiger charge is -2.28. The number of nitrogens with one attached hydrogen (secondary N) is 2. The first-order valence-electron chi connectivity index (χ1n) is 11.6. The van der Waals surface area contributed by atoms with Crippen LogP contribution >= 0.6 is 0 Å². The highest BCUT2D eigenvalue weighted by molar-refractivity contribution is 7.89. The maximum Gasteiger partial charge on any atom is 0.240 e. The molecular formula is C25H30FN3O4S. The van der Waals surface area contributed by atoms with Crippen LogP contribution in [0.25, 0.3) is 0 Å². The molecule has 2 aromatic rings. The van der Waals surface area contributed by atoms with E-state index >= 15 is 0 Å². The Morgan fingerprint density at radius 1 is 1.09 bits per heavy atom. The van der Waals surface area contributed by atoms with Gasteiger partial charge in [-0.3, -0.25) is 9.59 Å². The van der Waals surface area contributed by atoms with Crippen LogP contribution in [0.4, 0.5) is 15.8 Å². The molecule has 34 heavy (non-hydrogen) atoms. The molecule has 2 aromatic carbocycles. The van der Waals surface area contributed by atoms with Crippen LogP contribution in [0.5, 0.6) is 0 Å². The molecule has 0 spiro atoms. The monoisotopic (exact) mass is 487 g/mol. The standard InChI is InChI=1S/C25H30FN3O4S/c1-16-13-20-14-21(11-12-24(20)29(16)17(2)30)34(32,33)27-15-18-7-9-19(10-8-18)25(31)28-23-6-4-3-5-22(23)26/h3-6,11-12,14,16,18-19,27H,7-10,13,15H2,1-2H3,(H,28,31). The highest BCUT2D eigenvalue weighted by Crippen LogP contribution is 2.34.